The predicted molar refractivity (Wildman–Crippen MR) is 118 cm³/mol. The molecular formula is C24H24ClNO4. The molecule has 0 N–H and O–H groups in total. The molecule has 156 valence electrons. The molecule has 0 bridgehead atoms. The van der Waals surface area contributed by atoms with E-state index in [1.165, 1.54) is 31.4 Å². The SMILES string of the molecule is Cc1c(-c2ccccc2)oc2c(C(=O)OCCN3CCCCC3)cc(Cl)cc2c1=O. The fourth-order valence-corrected chi connectivity index (χ4v) is 4.12. The second kappa shape index (κ2) is 9.02. The van der Waals surface area contributed by atoms with Crippen LogP contribution in [0.15, 0.2) is 51.7 Å². The molecule has 0 unspecified atom stereocenters. The summed E-state index contributed by atoms with van der Waals surface area (Å²) in [5.74, 6) is -0.0942. The summed E-state index contributed by atoms with van der Waals surface area (Å²) in [4.78, 5) is 28.1. The van der Waals surface area contributed by atoms with E-state index in [0.717, 1.165) is 18.7 Å². The van der Waals surface area contributed by atoms with E-state index < -0.39 is 5.97 Å². The highest BCUT2D eigenvalue weighted by atomic mass is 35.5. The number of carbonyl (C=O) groups excluding carboxylic acids is 1. The van der Waals surface area contributed by atoms with Gasteiger partial charge in [-0.1, -0.05) is 48.4 Å². The molecule has 1 aromatic heterocycles. The molecule has 1 aliphatic heterocycles. The monoisotopic (exact) mass is 425 g/mol. The molecule has 2 aromatic carbocycles. The maximum atomic E-state index is 13.0. The van der Waals surface area contributed by atoms with Crippen LogP contribution in [0.25, 0.3) is 22.3 Å². The zero-order chi connectivity index (χ0) is 21.1. The Hall–Kier alpha value is -2.63. The maximum absolute atomic E-state index is 13.0. The number of likely N-dealkylation sites (tertiary alicyclic amines) is 1. The minimum Gasteiger partial charge on any atom is -0.461 e. The highest BCUT2D eigenvalue weighted by molar-refractivity contribution is 6.32. The molecule has 1 saturated heterocycles. The first-order valence-electron chi connectivity index (χ1n) is 10.3. The quantitative estimate of drug-likeness (QED) is 0.534. The summed E-state index contributed by atoms with van der Waals surface area (Å²) in [5.41, 5.74) is 1.41. The van der Waals surface area contributed by atoms with Crippen LogP contribution in [-0.2, 0) is 4.74 Å². The van der Waals surface area contributed by atoms with Gasteiger partial charge in [0, 0.05) is 22.7 Å². The Kier molecular flexibility index (Phi) is 6.21. The number of carbonyl (C=O) groups is 1. The molecule has 5 nitrogen and oxygen atoms in total. The molecule has 0 aliphatic carbocycles. The first-order chi connectivity index (χ1) is 14.5. The predicted octanol–water partition coefficient (Wildman–Crippen LogP) is 5.06. The summed E-state index contributed by atoms with van der Waals surface area (Å²) in [7, 11) is 0. The third-order valence-corrected chi connectivity index (χ3v) is 5.75. The number of esters is 1. The van der Waals surface area contributed by atoms with Crippen LogP contribution >= 0.6 is 11.6 Å². The topological polar surface area (TPSA) is 59.8 Å². The van der Waals surface area contributed by atoms with Gasteiger partial charge in [0.2, 0.25) is 0 Å². The van der Waals surface area contributed by atoms with E-state index in [9.17, 15) is 9.59 Å². The smallest absolute Gasteiger partial charge is 0.342 e. The van der Waals surface area contributed by atoms with E-state index in [4.69, 9.17) is 20.8 Å². The second-order valence-electron chi connectivity index (χ2n) is 7.62. The molecular weight excluding hydrogens is 402 g/mol. The zero-order valence-corrected chi connectivity index (χ0v) is 17.7. The lowest BCUT2D eigenvalue weighted by molar-refractivity contribution is 0.0453. The van der Waals surface area contributed by atoms with Crippen molar-refractivity contribution >= 4 is 28.5 Å². The van der Waals surface area contributed by atoms with Gasteiger partial charge < -0.3 is 9.15 Å². The standard InChI is InChI=1S/C24H24ClNO4/c1-16-21(27)19-14-18(25)15-20(23(19)30-22(16)17-8-4-2-5-9-17)24(28)29-13-12-26-10-6-3-7-11-26/h2,4-5,8-9,14-15H,3,6-7,10-13H2,1H3. The fraction of sp³-hybridized carbons (Fsp3) is 0.333. The summed E-state index contributed by atoms with van der Waals surface area (Å²) >= 11 is 6.21. The third-order valence-electron chi connectivity index (χ3n) is 5.53. The lowest BCUT2D eigenvalue weighted by Crippen LogP contribution is -2.33. The number of hydrogen-bond acceptors (Lipinski definition) is 5. The molecule has 0 radical (unpaired) electrons. The van der Waals surface area contributed by atoms with Crippen LogP contribution in [0, 0.1) is 6.92 Å². The van der Waals surface area contributed by atoms with Gasteiger partial charge in [0.15, 0.2) is 11.0 Å². The van der Waals surface area contributed by atoms with E-state index in [1.807, 2.05) is 30.3 Å². The van der Waals surface area contributed by atoms with Gasteiger partial charge in [-0.3, -0.25) is 9.69 Å². The summed E-state index contributed by atoms with van der Waals surface area (Å²) in [6, 6.07) is 12.4. The summed E-state index contributed by atoms with van der Waals surface area (Å²) in [5, 5.41) is 0.576. The van der Waals surface area contributed by atoms with E-state index in [2.05, 4.69) is 4.90 Å². The first-order valence-corrected chi connectivity index (χ1v) is 10.6. The van der Waals surface area contributed by atoms with Crippen LogP contribution in [-0.4, -0.2) is 37.1 Å². The van der Waals surface area contributed by atoms with Crippen molar-refractivity contribution in [1.82, 2.24) is 4.90 Å². The number of fused-ring (bicyclic) bond motifs is 1. The Bertz CT molecular complexity index is 1120. The Balaban J connectivity index is 1.67. The number of rotatable bonds is 5. The molecule has 0 amide bonds. The largest absolute Gasteiger partial charge is 0.461 e. The molecule has 1 fully saturated rings. The van der Waals surface area contributed by atoms with Crippen LogP contribution in [0.1, 0.15) is 35.2 Å². The molecule has 2 heterocycles. The van der Waals surface area contributed by atoms with E-state index in [-0.39, 0.29) is 28.6 Å². The van der Waals surface area contributed by atoms with Crippen LogP contribution < -0.4 is 5.43 Å². The van der Waals surface area contributed by atoms with Crippen molar-refractivity contribution in [3.63, 3.8) is 0 Å². The van der Waals surface area contributed by atoms with Gasteiger partial charge in [0.25, 0.3) is 0 Å². The summed E-state index contributed by atoms with van der Waals surface area (Å²) in [6.07, 6.45) is 3.62. The highest BCUT2D eigenvalue weighted by Gasteiger charge is 2.21. The highest BCUT2D eigenvalue weighted by Crippen LogP contribution is 2.29. The van der Waals surface area contributed by atoms with E-state index in [0.29, 0.717) is 22.9 Å². The normalized spacial score (nSPS) is 14.7. The molecule has 3 aromatic rings. The maximum Gasteiger partial charge on any atom is 0.342 e. The van der Waals surface area contributed by atoms with Gasteiger partial charge in [0.1, 0.15) is 17.9 Å². The summed E-state index contributed by atoms with van der Waals surface area (Å²) < 4.78 is 11.6. The minimum absolute atomic E-state index is 0.172. The molecule has 0 atom stereocenters. The molecule has 30 heavy (non-hydrogen) atoms. The van der Waals surface area contributed by atoms with Crippen molar-refractivity contribution in [2.45, 2.75) is 26.2 Å². The zero-order valence-electron chi connectivity index (χ0n) is 16.9. The Labute approximate surface area is 180 Å². The molecule has 0 spiro atoms. The van der Waals surface area contributed by atoms with Crippen LogP contribution in [0.2, 0.25) is 5.02 Å². The van der Waals surface area contributed by atoms with Crippen LogP contribution in [0.5, 0.6) is 0 Å². The number of benzene rings is 2. The third kappa shape index (κ3) is 4.27. The fourth-order valence-electron chi connectivity index (χ4n) is 3.90. The lowest BCUT2D eigenvalue weighted by atomic mass is 10.0. The number of nitrogens with zero attached hydrogens (tertiary/aromatic N) is 1. The minimum atomic E-state index is -0.537. The Morgan fingerprint density at radius 3 is 2.60 bits per heavy atom. The van der Waals surface area contributed by atoms with Gasteiger partial charge in [0.05, 0.1) is 5.39 Å². The summed E-state index contributed by atoms with van der Waals surface area (Å²) in [6.45, 7) is 4.76. The average Bonchev–Trinajstić information content (AvgIpc) is 2.77. The van der Waals surface area contributed by atoms with Crippen LogP contribution in [0.4, 0.5) is 0 Å². The Morgan fingerprint density at radius 2 is 1.87 bits per heavy atom. The van der Waals surface area contributed by atoms with E-state index >= 15 is 0 Å². The Morgan fingerprint density at radius 1 is 1.13 bits per heavy atom. The van der Waals surface area contributed by atoms with Crippen molar-refractivity contribution < 1.29 is 13.9 Å². The second-order valence-corrected chi connectivity index (χ2v) is 8.06. The van der Waals surface area contributed by atoms with Gasteiger partial charge >= 0.3 is 5.97 Å². The molecule has 4 rings (SSSR count). The van der Waals surface area contributed by atoms with Gasteiger partial charge in [-0.25, -0.2) is 4.79 Å². The number of ether oxygens (including phenoxy) is 1. The molecule has 0 saturated carbocycles. The van der Waals surface area contributed by atoms with Gasteiger partial charge in [-0.15, -0.1) is 0 Å². The molecule has 6 heteroatoms. The first kappa shape index (κ1) is 20.6. The average molecular weight is 426 g/mol. The molecule has 1 aliphatic rings. The van der Waals surface area contributed by atoms with Crippen LogP contribution in [0.3, 0.4) is 0 Å². The van der Waals surface area contributed by atoms with Gasteiger partial charge in [-0.05, 0) is 45.0 Å². The van der Waals surface area contributed by atoms with Crippen molar-refractivity contribution in [1.29, 1.82) is 0 Å². The number of hydrogen-bond donors (Lipinski definition) is 0. The van der Waals surface area contributed by atoms with E-state index in [1.54, 1.807) is 6.92 Å². The van der Waals surface area contributed by atoms with Gasteiger partial charge in [-0.2, -0.15) is 0 Å². The number of piperidine rings is 1. The van der Waals surface area contributed by atoms with Crippen molar-refractivity contribution in [2.75, 3.05) is 26.2 Å². The van der Waals surface area contributed by atoms with Crippen molar-refractivity contribution in [3.05, 3.63) is 68.8 Å². The number of halogens is 1. The lowest BCUT2D eigenvalue weighted by Gasteiger charge is -2.25. The van der Waals surface area contributed by atoms with Crippen molar-refractivity contribution in [2.24, 2.45) is 0 Å². The van der Waals surface area contributed by atoms with Crippen molar-refractivity contribution in [3.8, 4) is 11.3 Å².